The summed E-state index contributed by atoms with van der Waals surface area (Å²) in [5, 5.41) is 4.93. The Bertz CT molecular complexity index is 688. The molecular weight excluding hydrogens is 222 g/mol. The van der Waals surface area contributed by atoms with E-state index in [2.05, 4.69) is 10.1 Å². The Kier molecular flexibility index (Phi) is 2.04. The van der Waals surface area contributed by atoms with Gasteiger partial charge in [-0.2, -0.15) is 9.78 Å². The van der Waals surface area contributed by atoms with Gasteiger partial charge in [0.25, 0.3) is 0 Å². The molecule has 0 bridgehead atoms. The van der Waals surface area contributed by atoms with Gasteiger partial charge in [-0.1, -0.05) is 24.4 Å². The highest BCUT2D eigenvalue weighted by atomic mass is 32.1. The highest BCUT2D eigenvalue weighted by Crippen LogP contribution is 2.19. The molecule has 0 spiro atoms. The van der Waals surface area contributed by atoms with Crippen LogP contribution >= 0.6 is 12.2 Å². The van der Waals surface area contributed by atoms with Crippen molar-refractivity contribution in [1.29, 1.82) is 0 Å². The number of hydrogen-bond acceptors (Lipinski definition) is 4. The molecule has 0 radical (unpaired) electrons. The topological polar surface area (TPSA) is 43.9 Å². The molecule has 0 aliphatic heterocycles. The van der Waals surface area contributed by atoms with Crippen LogP contribution in [-0.2, 0) is 0 Å². The van der Waals surface area contributed by atoms with Crippen molar-refractivity contribution in [3.8, 4) is 5.88 Å². The van der Waals surface area contributed by atoms with Gasteiger partial charge in [-0.3, -0.25) is 0 Å². The number of rotatable bonds is 1. The van der Waals surface area contributed by atoms with Crippen molar-refractivity contribution < 1.29 is 4.42 Å². The monoisotopic (exact) mass is 229 g/mol. The van der Waals surface area contributed by atoms with Crippen LogP contribution in [-0.4, -0.2) is 14.8 Å². The Labute approximate surface area is 96.2 Å². The largest absolute Gasteiger partial charge is 0.438 e. The average molecular weight is 229 g/mol. The number of hydrogen-bond donors (Lipinski definition) is 0. The van der Waals surface area contributed by atoms with Crippen LogP contribution in [0.2, 0.25) is 0 Å². The van der Waals surface area contributed by atoms with Crippen LogP contribution in [0.1, 0.15) is 0 Å². The zero-order valence-corrected chi connectivity index (χ0v) is 9.02. The van der Waals surface area contributed by atoms with Crippen LogP contribution in [0.5, 0.6) is 0 Å². The van der Waals surface area contributed by atoms with E-state index in [-0.39, 0.29) is 0 Å². The van der Waals surface area contributed by atoms with Gasteiger partial charge in [0.05, 0.1) is 4.51 Å². The molecule has 2 aromatic heterocycles. The van der Waals surface area contributed by atoms with E-state index < -0.39 is 0 Å². The molecule has 78 valence electrons. The number of nitrogens with zero attached hydrogens (tertiary/aromatic N) is 3. The van der Waals surface area contributed by atoms with Crippen LogP contribution in [0.4, 0.5) is 0 Å². The molecule has 0 atom stereocenters. The molecule has 0 aliphatic carbocycles. The lowest BCUT2D eigenvalue weighted by atomic mass is 10.2. The SMILES string of the molecule is S=c1cc(-n2cncn2)oc2ccccc12. The van der Waals surface area contributed by atoms with E-state index in [1.54, 1.807) is 17.1 Å². The van der Waals surface area contributed by atoms with Gasteiger partial charge in [0.1, 0.15) is 18.2 Å². The summed E-state index contributed by atoms with van der Waals surface area (Å²) >= 11 is 5.29. The van der Waals surface area contributed by atoms with E-state index in [0.717, 1.165) is 15.5 Å². The van der Waals surface area contributed by atoms with E-state index in [1.807, 2.05) is 24.3 Å². The summed E-state index contributed by atoms with van der Waals surface area (Å²) in [7, 11) is 0. The molecule has 3 rings (SSSR count). The molecule has 2 heterocycles. The first-order chi connectivity index (χ1) is 7.84. The number of fused-ring (bicyclic) bond motifs is 1. The van der Waals surface area contributed by atoms with Gasteiger partial charge in [-0.05, 0) is 12.1 Å². The van der Waals surface area contributed by atoms with Crippen molar-refractivity contribution >= 4 is 23.2 Å². The quantitative estimate of drug-likeness (QED) is 0.602. The third kappa shape index (κ3) is 1.42. The van der Waals surface area contributed by atoms with Gasteiger partial charge in [-0.15, -0.1) is 0 Å². The third-order valence-corrected chi connectivity index (χ3v) is 2.60. The fraction of sp³-hybridized carbons (Fsp3) is 0. The minimum atomic E-state index is 0.571. The van der Waals surface area contributed by atoms with Crippen molar-refractivity contribution in [2.75, 3.05) is 0 Å². The Morgan fingerprint density at radius 1 is 1.25 bits per heavy atom. The molecule has 0 aliphatic rings. The predicted octanol–water partition coefficient (Wildman–Crippen LogP) is 2.74. The standard InChI is InChI=1S/C11H7N3OS/c16-10-5-11(14-7-12-6-13-14)15-9-4-2-1-3-8(9)10/h1-7H. The van der Waals surface area contributed by atoms with Crippen molar-refractivity contribution in [2.24, 2.45) is 0 Å². The summed E-state index contributed by atoms with van der Waals surface area (Å²) in [6, 6.07) is 9.43. The molecule has 16 heavy (non-hydrogen) atoms. The van der Waals surface area contributed by atoms with E-state index in [1.165, 1.54) is 6.33 Å². The molecule has 3 aromatic rings. The van der Waals surface area contributed by atoms with E-state index >= 15 is 0 Å². The number of para-hydroxylation sites is 1. The first-order valence-electron chi connectivity index (χ1n) is 4.72. The fourth-order valence-electron chi connectivity index (χ4n) is 1.53. The fourth-order valence-corrected chi connectivity index (χ4v) is 1.80. The lowest BCUT2D eigenvalue weighted by Crippen LogP contribution is -1.94. The predicted molar refractivity (Wildman–Crippen MR) is 62.0 cm³/mol. The van der Waals surface area contributed by atoms with Crippen LogP contribution in [0, 0.1) is 4.51 Å². The molecule has 0 fully saturated rings. The third-order valence-electron chi connectivity index (χ3n) is 2.27. The maximum Gasteiger partial charge on any atom is 0.223 e. The lowest BCUT2D eigenvalue weighted by Gasteiger charge is -2.02. The van der Waals surface area contributed by atoms with Crippen molar-refractivity contribution in [3.63, 3.8) is 0 Å². The van der Waals surface area contributed by atoms with Gasteiger partial charge in [-0.25, -0.2) is 4.98 Å². The first kappa shape index (κ1) is 9.23. The van der Waals surface area contributed by atoms with Gasteiger partial charge >= 0.3 is 0 Å². The second kappa shape index (κ2) is 3.53. The van der Waals surface area contributed by atoms with E-state index in [9.17, 15) is 0 Å². The van der Waals surface area contributed by atoms with Gasteiger partial charge in [0, 0.05) is 11.5 Å². The average Bonchev–Trinajstić information content (AvgIpc) is 2.82. The van der Waals surface area contributed by atoms with Crippen LogP contribution in [0.25, 0.3) is 16.9 Å². The van der Waals surface area contributed by atoms with Crippen LogP contribution in [0.3, 0.4) is 0 Å². The maximum atomic E-state index is 5.68. The van der Waals surface area contributed by atoms with Crippen molar-refractivity contribution in [1.82, 2.24) is 14.8 Å². The Hall–Kier alpha value is -2.01. The smallest absolute Gasteiger partial charge is 0.223 e. The van der Waals surface area contributed by atoms with Crippen LogP contribution in [0.15, 0.2) is 47.4 Å². The number of benzene rings is 1. The Balaban J connectivity index is 2.34. The summed E-state index contributed by atoms with van der Waals surface area (Å²) in [6.07, 6.45) is 3.02. The molecule has 0 N–H and O–H groups in total. The van der Waals surface area contributed by atoms with Crippen molar-refractivity contribution in [2.45, 2.75) is 0 Å². The number of aromatic nitrogens is 3. The highest BCUT2D eigenvalue weighted by Gasteiger charge is 2.03. The van der Waals surface area contributed by atoms with E-state index in [0.29, 0.717) is 5.88 Å². The molecule has 0 saturated carbocycles. The van der Waals surface area contributed by atoms with Gasteiger partial charge < -0.3 is 4.42 Å². The van der Waals surface area contributed by atoms with Gasteiger partial charge in [0.15, 0.2) is 0 Å². The summed E-state index contributed by atoms with van der Waals surface area (Å²) < 4.78 is 7.97. The van der Waals surface area contributed by atoms with Gasteiger partial charge in [0.2, 0.25) is 5.88 Å². The van der Waals surface area contributed by atoms with E-state index in [4.69, 9.17) is 16.6 Å². The molecule has 4 nitrogen and oxygen atoms in total. The molecule has 1 aromatic carbocycles. The summed E-state index contributed by atoms with van der Waals surface area (Å²) in [5.74, 6) is 0.571. The normalized spacial score (nSPS) is 10.8. The lowest BCUT2D eigenvalue weighted by molar-refractivity contribution is 0.548. The van der Waals surface area contributed by atoms with Crippen LogP contribution < -0.4 is 0 Å². The second-order valence-electron chi connectivity index (χ2n) is 3.29. The Morgan fingerprint density at radius 2 is 2.12 bits per heavy atom. The maximum absolute atomic E-state index is 5.68. The molecular formula is C11H7N3OS. The Morgan fingerprint density at radius 3 is 2.94 bits per heavy atom. The molecule has 0 amide bonds. The zero-order chi connectivity index (χ0) is 11.0. The molecule has 5 heteroatoms. The minimum Gasteiger partial charge on any atom is -0.438 e. The summed E-state index contributed by atoms with van der Waals surface area (Å²) in [4.78, 5) is 3.87. The summed E-state index contributed by atoms with van der Waals surface area (Å²) in [6.45, 7) is 0. The second-order valence-corrected chi connectivity index (χ2v) is 3.72. The van der Waals surface area contributed by atoms with Crippen molar-refractivity contribution in [3.05, 3.63) is 47.5 Å². The highest BCUT2D eigenvalue weighted by molar-refractivity contribution is 7.71. The first-order valence-corrected chi connectivity index (χ1v) is 5.13. The molecule has 0 unspecified atom stereocenters. The minimum absolute atomic E-state index is 0.571. The zero-order valence-electron chi connectivity index (χ0n) is 8.20. The summed E-state index contributed by atoms with van der Waals surface area (Å²) in [5.41, 5.74) is 0.750. The molecule has 0 saturated heterocycles.